The van der Waals surface area contributed by atoms with Gasteiger partial charge < -0.3 is 9.64 Å². The Labute approximate surface area is 178 Å². The number of anilines is 1. The van der Waals surface area contributed by atoms with Gasteiger partial charge in [0.15, 0.2) is 5.13 Å². The Morgan fingerprint density at radius 3 is 2.50 bits per heavy atom. The summed E-state index contributed by atoms with van der Waals surface area (Å²) in [6.07, 6.45) is -0.557. The fourth-order valence-electron chi connectivity index (χ4n) is 2.54. The summed E-state index contributed by atoms with van der Waals surface area (Å²) in [7, 11) is 1.61. The van der Waals surface area contributed by atoms with Crippen molar-refractivity contribution in [3.8, 4) is 11.3 Å². The van der Waals surface area contributed by atoms with E-state index in [1.165, 1.54) is 23.5 Å². The van der Waals surface area contributed by atoms with E-state index in [2.05, 4.69) is 29.8 Å². The van der Waals surface area contributed by atoms with Crippen molar-refractivity contribution in [3.05, 3.63) is 52.3 Å². The van der Waals surface area contributed by atoms with E-state index in [-0.39, 0.29) is 0 Å². The molecule has 0 N–H and O–H groups in total. The highest BCUT2D eigenvalue weighted by Crippen LogP contribution is 2.43. The van der Waals surface area contributed by atoms with Gasteiger partial charge in [0.25, 0.3) is 0 Å². The predicted octanol–water partition coefficient (Wildman–Crippen LogP) is 6.92. The highest BCUT2D eigenvalue weighted by Gasteiger charge is 2.30. The molecular formula is C19H18BrF3N2OS2. The molecule has 9 heteroatoms. The molecule has 0 radical (unpaired) electrons. The van der Waals surface area contributed by atoms with Crippen LogP contribution < -0.4 is 4.90 Å². The maximum absolute atomic E-state index is 12.9. The van der Waals surface area contributed by atoms with E-state index in [4.69, 9.17) is 9.72 Å². The van der Waals surface area contributed by atoms with Crippen LogP contribution in [0.4, 0.5) is 18.3 Å². The van der Waals surface area contributed by atoms with Gasteiger partial charge in [-0.2, -0.15) is 13.2 Å². The lowest BCUT2D eigenvalue weighted by Gasteiger charge is -2.22. The number of thiazole rings is 1. The molecule has 2 aromatic rings. The van der Waals surface area contributed by atoms with E-state index in [1.54, 1.807) is 18.9 Å². The third kappa shape index (κ3) is 4.75. The Kier molecular flexibility index (Phi) is 6.46. The maximum Gasteiger partial charge on any atom is 0.416 e. The first-order chi connectivity index (χ1) is 13.2. The number of thioether (sulfide) groups is 1. The van der Waals surface area contributed by atoms with Crippen LogP contribution in [0.3, 0.4) is 0 Å². The number of hydrogen-bond acceptors (Lipinski definition) is 5. The Morgan fingerprint density at radius 2 is 1.93 bits per heavy atom. The molecule has 3 nitrogen and oxygen atoms in total. The van der Waals surface area contributed by atoms with Crippen LogP contribution in [0, 0.1) is 0 Å². The molecule has 1 aliphatic heterocycles. The van der Waals surface area contributed by atoms with Crippen LogP contribution >= 0.6 is 39.0 Å². The number of nitrogens with zero attached hydrogens (tertiary/aromatic N) is 2. The minimum atomic E-state index is -4.35. The Morgan fingerprint density at radius 1 is 1.25 bits per heavy atom. The number of benzene rings is 1. The van der Waals surface area contributed by atoms with E-state index in [0.29, 0.717) is 23.1 Å². The van der Waals surface area contributed by atoms with Crippen molar-refractivity contribution in [1.82, 2.24) is 4.98 Å². The van der Waals surface area contributed by atoms with Crippen molar-refractivity contribution < 1.29 is 17.9 Å². The van der Waals surface area contributed by atoms with Crippen molar-refractivity contribution in [2.45, 2.75) is 29.5 Å². The molecule has 0 aliphatic carbocycles. The number of hydrogen-bond donors (Lipinski definition) is 0. The van der Waals surface area contributed by atoms with E-state index in [9.17, 15) is 13.2 Å². The topological polar surface area (TPSA) is 25.4 Å². The van der Waals surface area contributed by atoms with Crippen molar-refractivity contribution >= 4 is 44.2 Å². The van der Waals surface area contributed by atoms with Crippen LogP contribution in [-0.4, -0.2) is 23.9 Å². The Hall–Kier alpha value is -1.45. The first-order valence-electron chi connectivity index (χ1n) is 8.41. The van der Waals surface area contributed by atoms with Crippen molar-refractivity contribution in [2.24, 2.45) is 0 Å². The number of rotatable bonds is 5. The largest absolute Gasteiger partial charge is 0.498 e. The number of allylic oxidation sites excluding steroid dienone is 2. The summed E-state index contributed by atoms with van der Waals surface area (Å²) in [5, 5.41) is 1.09. The van der Waals surface area contributed by atoms with Gasteiger partial charge in [0.1, 0.15) is 5.76 Å². The summed E-state index contributed by atoms with van der Waals surface area (Å²) in [6.45, 7) is 4.67. The molecule has 0 amide bonds. The van der Waals surface area contributed by atoms with Gasteiger partial charge in [0.2, 0.25) is 0 Å². The molecule has 1 aliphatic rings. The monoisotopic (exact) mass is 490 g/mol. The molecule has 1 aromatic carbocycles. The van der Waals surface area contributed by atoms with Crippen molar-refractivity contribution in [3.63, 3.8) is 0 Å². The molecule has 0 spiro atoms. The third-order valence-electron chi connectivity index (χ3n) is 3.89. The SMILES string of the molecule is COC1=C(Br)C=CN(c2nc(-c3ccc(C(F)(F)F)cc3)c(SC(C)C)s2)C1. The van der Waals surface area contributed by atoms with Gasteiger partial charge in [-0.15, -0.1) is 11.8 Å². The lowest BCUT2D eigenvalue weighted by atomic mass is 10.1. The van der Waals surface area contributed by atoms with Crippen molar-refractivity contribution in [2.75, 3.05) is 18.6 Å². The molecule has 0 saturated heterocycles. The highest BCUT2D eigenvalue weighted by molar-refractivity contribution is 9.11. The van der Waals surface area contributed by atoms with Gasteiger partial charge in [-0.1, -0.05) is 37.3 Å². The lowest BCUT2D eigenvalue weighted by molar-refractivity contribution is -0.137. The minimum Gasteiger partial charge on any atom is -0.498 e. The molecule has 0 fully saturated rings. The van der Waals surface area contributed by atoms with E-state index >= 15 is 0 Å². The first kappa shape index (κ1) is 21.3. The predicted molar refractivity (Wildman–Crippen MR) is 113 cm³/mol. The lowest BCUT2D eigenvalue weighted by Crippen LogP contribution is -2.22. The number of ether oxygens (including phenoxy) is 1. The summed E-state index contributed by atoms with van der Waals surface area (Å²) in [5.74, 6) is 0.784. The van der Waals surface area contributed by atoms with Gasteiger partial charge in [-0.3, -0.25) is 0 Å². The zero-order valence-corrected chi connectivity index (χ0v) is 18.6. The second-order valence-corrected chi connectivity index (χ2v) is 9.97. The standard InChI is InChI=1S/C19H18BrF3N2OS2/c1-11(2)27-17-16(12-4-6-13(7-5-12)19(21,22)23)24-18(28-17)25-9-8-14(20)15(10-25)26-3/h4-9,11H,10H2,1-3H3. The summed E-state index contributed by atoms with van der Waals surface area (Å²) in [6, 6.07) is 5.16. The van der Waals surface area contributed by atoms with Crippen LogP contribution in [0.5, 0.6) is 0 Å². The van der Waals surface area contributed by atoms with Gasteiger partial charge in [0, 0.05) is 17.0 Å². The molecule has 28 heavy (non-hydrogen) atoms. The Bertz CT molecular complexity index is 905. The molecule has 1 aromatic heterocycles. The van der Waals surface area contributed by atoms with Gasteiger partial charge >= 0.3 is 6.18 Å². The van der Waals surface area contributed by atoms with Gasteiger partial charge in [-0.25, -0.2) is 4.98 Å². The minimum absolute atomic E-state index is 0.321. The number of aromatic nitrogens is 1. The third-order valence-corrected chi connectivity index (χ3v) is 6.90. The second-order valence-electron chi connectivity index (χ2n) is 6.29. The number of halogens is 4. The van der Waals surface area contributed by atoms with Crippen molar-refractivity contribution in [1.29, 1.82) is 0 Å². The Balaban J connectivity index is 1.96. The number of methoxy groups -OCH3 is 1. The van der Waals surface area contributed by atoms with Crippen LogP contribution in [0.1, 0.15) is 19.4 Å². The summed E-state index contributed by atoms with van der Waals surface area (Å²) in [4.78, 5) is 6.70. The number of alkyl halides is 3. The van der Waals surface area contributed by atoms with Crippen LogP contribution in [0.25, 0.3) is 11.3 Å². The molecule has 150 valence electrons. The molecular weight excluding hydrogens is 473 g/mol. The average molecular weight is 491 g/mol. The summed E-state index contributed by atoms with van der Waals surface area (Å²) >= 11 is 6.63. The van der Waals surface area contributed by atoms with Crippen LogP contribution in [0.2, 0.25) is 0 Å². The first-order valence-corrected chi connectivity index (χ1v) is 10.9. The zero-order valence-electron chi connectivity index (χ0n) is 15.4. The highest BCUT2D eigenvalue weighted by atomic mass is 79.9. The second kappa shape index (κ2) is 8.51. The molecule has 0 unspecified atom stereocenters. The molecule has 2 heterocycles. The normalized spacial score (nSPS) is 14.9. The maximum atomic E-state index is 12.9. The van der Waals surface area contributed by atoms with E-state index in [0.717, 1.165) is 31.7 Å². The smallest absolute Gasteiger partial charge is 0.416 e. The average Bonchev–Trinajstić information content (AvgIpc) is 3.04. The quantitative estimate of drug-likeness (QED) is 0.424. The summed E-state index contributed by atoms with van der Waals surface area (Å²) < 4.78 is 45.9. The van der Waals surface area contributed by atoms with E-state index in [1.807, 2.05) is 17.2 Å². The molecule has 0 saturated carbocycles. The summed E-state index contributed by atoms with van der Waals surface area (Å²) in [5.41, 5.74) is 0.709. The van der Waals surface area contributed by atoms with Gasteiger partial charge in [-0.05, 0) is 34.1 Å². The fourth-order valence-corrected chi connectivity index (χ4v) is 5.44. The van der Waals surface area contributed by atoms with Crippen LogP contribution in [0.15, 0.2) is 51.0 Å². The van der Waals surface area contributed by atoms with Crippen LogP contribution in [-0.2, 0) is 10.9 Å². The van der Waals surface area contributed by atoms with Gasteiger partial charge in [0.05, 0.1) is 33.6 Å². The molecule has 0 atom stereocenters. The molecule has 0 bridgehead atoms. The molecule has 3 rings (SSSR count). The zero-order chi connectivity index (χ0) is 20.5. The van der Waals surface area contributed by atoms with E-state index < -0.39 is 11.7 Å². The fraction of sp³-hybridized carbons (Fsp3) is 0.316.